The SMILES string of the molecule is CNC(=O)ON=C(n1cccn1)C(C)(C)CF. The van der Waals surface area contributed by atoms with Crippen molar-refractivity contribution < 1.29 is 14.0 Å². The van der Waals surface area contributed by atoms with Gasteiger partial charge in [0.25, 0.3) is 0 Å². The van der Waals surface area contributed by atoms with E-state index in [1.54, 1.807) is 26.1 Å². The second-order valence-corrected chi connectivity index (χ2v) is 4.01. The van der Waals surface area contributed by atoms with Crippen molar-refractivity contribution in [3.63, 3.8) is 0 Å². The van der Waals surface area contributed by atoms with Crippen LogP contribution in [-0.2, 0) is 4.84 Å². The molecule has 0 atom stereocenters. The predicted molar refractivity (Wildman–Crippen MR) is 60.4 cm³/mol. The molecule has 1 heterocycles. The van der Waals surface area contributed by atoms with Gasteiger partial charge < -0.3 is 5.32 Å². The molecule has 0 radical (unpaired) electrons. The minimum Gasteiger partial charge on any atom is -0.323 e. The number of amides is 1. The Morgan fingerprint density at radius 1 is 1.65 bits per heavy atom. The Morgan fingerprint density at radius 2 is 2.35 bits per heavy atom. The molecule has 6 nitrogen and oxygen atoms in total. The number of nitrogens with zero attached hydrogens (tertiary/aromatic N) is 3. The fourth-order valence-corrected chi connectivity index (χ4v) is 1.06. The fraction of sp³-hybridized carbons (Fsp3) is 0.500. The highest BCUT2D eigenvalue weighted by Crippen LogP contribution is 2.19. The minimum atomic E-state index is -0.903. The van der Waals surface area contributed by atoms with Gasteiger partial charge in [-0.05, 0) is 6.07 Å². The van der Waals surface area contributed by atoms with E-state index in [0.717, 1.165) is 0 Å². The molecule has 0 saturated carbocycles. The number of halogens is 1. The third kappa shape index (κ3) is 3.27. The van der Waals surface area contributed by atoms with Crippen molar-refractivity contribution >= 4 is 11.9 Å². The Labute approximate surface area is 98.4 Å². The molecule has 17 heavy (non-hydrogen) atoms. The van der Waals surface area contributed by atoms with Crippen LogP contribution in [0.2, 0.25) is 0 Å². The first-order chi connectivity index (χ1) is 8.01. The molecule has 0 saturated heterocycles. The van der Waals surface area contributed by atoms with E-state index in [1.807, 2.05) is 0 Å². The first-order valence-corrected chi connectivity index (χ1v) is 5.04. The molecule has 0 aromatic carbocycles. The van der Waals surface area contributed by atoms with Crippen molar-refractivity contribution in [2.45, 2.75) is 13.8 Å². The van der Waals surface area contributed by atoms with E-state index >= 15 is 0 Å². The first-order valence-electron chi connectivity index (χ1n) is 5.04. The van der Waals surface area contributed by atoms with E-state index in [0.29, 0.717) is 0 Å². The molecular weight excluding hydrogens is 227 g/mol. The number of alkyl halides is 1. The molecule has 0 aliphatic carbocycles. The van der Waals surface area contributed by atoms with Gasteiger partial charge in [-0.1, -0.05) is 19.0 Å². The van der Waals surface area contributed by atoms with Gasteiger partial charge in [0.2, 0.25) is 0 Å². The Hall–Kier alpha value is -1.92. The van der Waals surface area contributed by atoms with Crippen LogP contribution in [0.3, 0.4) is 0 Å². The van der Waals surface area contributed by atoms with Crippen molar-refractivity contribution in [1.82, 2.24) is 15.1 Å². The minimum absolute atomic E-state index is 0.216. The Balaban J connectivity index is 2.99. The third-order valence-corrected chi connectivity index (χ3v) is 2.08. The summed E-state index contributed by atoms with van der Waals surface area (Å²) in [5.74, 6) is 0.216. The van der Waals surface area contributed by atoms with Gasteiger partial charge in [0.15, 0.2) is 5.84 Å². The number of nitrogens with one attached hydrogen (secondary N) is 1. The number of oxime groups is 1. The zero-order valence-electron chi connectivity index (χ0n) is 9.98. The van der Waals surface area contributed by atoms with Crippen molar-refractivity contribution in [1.29, 1.82) is 0 Å². The summed E-state index contributed by atoms with van der Waals surface area (Å²) in [6.07, 6.45) is 2.41. The highest BCUT2D eigenvalue weighted by Gasteiger charge is 2.28. The standard InChI is InChI=1S/C10H15FN4O2/c1-10(2,7-11)8(14-17-9(16)12-3)15-6-4-5-13-15/h4-6H,7H2,1-3H3,(H,12,16). The average molecular weight is 242 g/mol. The lowest BCUT2D eigenvalue weighted by atomic mass is 9.94. The quantitative estimate of drug-likeness (QED) is 0.377. The highest BCUT2D eigenvalue weighted by atomic mass is 19.1. The maximum absolute atomic E-state index is 12.9. The normalized spacial score (nSPS) is 12.4. The van der Waals surface area contributed by atoms with Crippen LogP contribution < -0.4 is 5.32 Å². The van der Waals surface area contributed by atoms with Crippen LogP contribution >= 0.6 is 0 Å². The van der Waals surface area contributed by atoms with Crippen molar-refractivity contribution in [2.75, 3.05) is 13.7 Å². The molecule has 0 unspecified atom stereocenters. The summed E-state index contributed by atoms with van der Waals surface area (Å²) in [4.78, 5) is 15.5. The Kier molecular flexibility index (Phi) is 4.19. The molecule has 1 rings (SSSR count). The zero-order chi connectivity index (χ0) is 12.9. The third-order valence-electron chi connectivity index (χ3n) is 2.08. The van der Waals surface area contributed by atoms with Gasteiger partial charge in [-0.25, -0.2) is 9.48 Å². The maximum Gasteiger partial charge on any atom is 0.433 e. The lowest BCUT2D eigenvalue weighted by molar-refractivity contribution is 0.150. The topological polar surface area (TPSA) is 68.5 Å². The summed E-state index contributed by atoms with van der Waals surface area (Å²) >= 11 is 0. The summed E-state index contributed by atoms with van der Waals surface area (Å²) < 4.78 is 14.3. The summed E-state index contributed by atoms with van der Waals surface area (Å²) in [6, 6.07) is 1.67. The van der Waals surface area contributed by atoms with Crippen LogP contribution in [0.1, 0.15) is 13.8 Å². The van der Waals surface area contributed by atoms with Gasteiger partial charge in [-0.2, -0.15) is 5.10 Å². The molecule has 94 valence electrons. The van der Waals surface area contributed by atoms with Crippen LogP contribution in [0.4, 0.5) is 9.18 Å². The summed E-state index contributed by atoms with van der Waals surface area (Å²) in [5, 5.41) is 9.83. The van der Waals surface area contributed by atoms with Gasteiger partial charge in [0.05, 0.1) is 5.41 Å². The fourth-order valence-electron chi connectivity index (χ4n) is 1.06. The first kappa shape index (κ1) is 13.1. The van der Waals surface area contributed by atoms with Crippen molar-refractivity contribution in [3.8, 4) is 0 Å². The second kappa shape index (κ2) is 5.42. The van der Waals surface area contributed by atoms with E-state index in [-0.39, 0.29) is 5.84 Å². The highest BCUT2D eigenvalue weighted by molar-refractivity contribution is 5.89. The number of carbonyl (C=O) groups excluding carboxylic acids is 1. The van der Waals surface area contributed by atoms with Gasteiger partial charge in [0.1, 0.15) is 6.67 Å². The largest absolute Gasteiger partial charge is 0.433 e. The van der Waals surface area contributed by atoms with Gasteiger partial charge in [-0.15, -0.1) is 0 Å². The Morgan fingerprint density at radius 3 is 2.82 bits per heavy atom. The van der Waals surface area contributed by atoms with Crippen LogP contribution in [0, 0.1) is 5.41 Å². The number of hydrogen-bond acceptors (Lipinski definition) is 4. The van der Waals surface area contributed by atoms with E-state index in [9.17, 15) is 9.18 Å². The van der Waals surface area contributed by atoms with Gasteiger partial charge in [-0.3, -0.25) is 9.23 Å². The van der Waals surface area contributed by atoms with Gasteiger partial charge >= 0.3 is 6.09 Å². The number of carbonyl (C=O) groups is 1. The van der Waals surface area contributed by atoms with Gasteiger partial charge in [0, 0.05) is 19.4 Å². The summed E-state index contributed by atoms with van der Waals surface area (Å²) in [7, 11) is 1.41. The Bertz CT molecular complexity index is 400. The van der Waals surface area contributed by atoms with Crippen LogP contribution in [-0.4, -0.2) is 35.4 Å². The molecule has 1 N–H and O–H groups in total. The molecule has 1 amide bonds. The lowest BCUT2D eigenvalue weighted by Crippen LogP contribution is -2.34. The molecule has 1 aromatic heterocycles. The van der Waals surface area contributed by atoms with E-state index in [2.05, 4.69) is 20.4 Å². The predicted octanol–water partition coefficient (Wildman–Crippen LogP) is 1.40. The zero-order valence-corrected chi connectivity index (χ0v) is 9.98. The average Bonchev–Trinajstić information content (AvgIpc) is 2.82. The molecule has 0 aliphatic rings. The summed E-state index contributed by atoms with van der Waals surface area (Å²) in [6.45, 7) is 2.63. The molecule has 0 aliphatic heterocycles. The van der Waals surface area contributed by atoms with Crippen molar-refractivity contribution in [3.05, 3.63) is 18.5 Å². The molecule has 0 spiro atoms. The monoisotopic (exact) mass is 242 g/mol. The number of aromatic nitrogens is 2. The molecule has 7 heteroatoms. The number of hydrogen-bond donors (Lipinski definition) is 1. The van der Waals surface area contributed by atoms with Crippen molar-refractivity contribution in [2.24, 2.45) is 10.6 Å². The molecule has 1 aromatic rings. The van der Waals surface area contributed by atoms with E-state index in [4.69, 9.17) is 0 Å². The maximum atomic E-state index is 12.9. The summed E-state index contributed by atoms with van der Waals surface area (Å²) in [5.41, 5.74) is -0.903. The lowest BCUT2D eigenvalue weighted by Gasteiger charge is -2.21. The molecule has 0 fully saturated rings. The van der Waals surface area contributed by atoms with Crippen LogP contribution in [0.25, 0.3) is 0 Å². The molecule has 0 bridgehead atoms. The van der Waals surface area contributed by atoms with E-state index < -0.39 is 18.2 Å². The van der Waals surface area contributed by atoms with E-state index in [1.165, 1.54) is 17.9 Å². The van der Waals surface area contributed by atoms with Crippen LogP contribution in [0.5, 0.6) is 0 Å². The second-order valence-electron chi connectivity index (χ2n) is 4.01. The smallest absolute Gasteiger partial charge is 0.323 e. The molecular formula is C10H15FN4O2. The van der Waals surface area contributed by atoms with Crippen LogP contribution in [0.15, 0.2) is 23.6 Å². The number of rotatable bonds is 3.